The number of carbonyl (C=O) groups excluding carboxylic acids is 1. The van der Waals surface area contributed by atoms with Crippen LogP contribution in [0.5, 0.6) is 0 Å². The van der Waals surface area contributed by atoms with Gasteiger partial charge in [-0.2, -0.15) is 0 Å². The quantitative estimate of drug-likeness (QED) is 0.544. The highest BCUT2D eigenvalue weighted by Crippen LogP contribution is 2.22. The van der Waals surface area contributed by atoms with Crippen molar-refractivity contribution in [2.75, 3.05) is 0 Å². The summed E-state index contributed by atoms with van der Waals surface area (Å²) in [5.41, 5.74) is 4.22. The largest absolute Gasteiger partial charge is 0.346 e. The zero-order valence-corrected chi connectivity index (χ0v) is 15.9. The summed E-state index contributed by atoms with van der Waals surface area (Å²) in [4.78, 5) is 17.3. The highest BCUT2D eigenvalue weighted by molar-refractivity contribution is 5.79. The molecule has 4 nitrogen and oxygen atoms in total. The Kier molecular flexibility index (Phi) is 5.20. The number of nitrogens with zero attached hydrogens (tertiary/aromatic N) is 2. The van der Waals surface area contributed by atoms with Crippen molar-refractivity contribution in [2.45, 2.75) is 25.9 Å². The van der Waals surface area contributed by atoms with Gasteiger partial charge in [-0.05, 0) is 30.2 Å². The van der Waals surface area contributed by atoms with Crippen LogP contribution in [0.4, 0.5) is 0 Å². The molecule has 0 spiro atoms. The van der Waals surface area contributed by atoms with Gasteiger partial charge in [-0.1, -0.05) is 72.8 Å². The van der Waals surface area contributed by atoms with Gasteiger partial charge in [-0.3, -0.25) is 4.79 Å². The third-order valence-corrected chi connectivity index (χ3v) is 4.84. The van der Waals surface area contributed by atoms with Crippen LogP contribution in [0.25, 0.3) is 11.0 Å². The van der Waals surface area contributed by atoms with Crippen molar-refractivity contribution in [3.63, 3.8) is 0 Å². The lowest BCUT2D eigenvalue weighted by Gasteiger charge is -2.16. The van der Waals surface area contributed by atoms with Crippen LogP contribution in [-0.4, -0.2) is 15.5 Å². The van der Waals surface area contributed by atoms with Crippen LogP contribution < -0.4 is 5.32 Å². The lowest BCUT2D eigenvalue weighted by molar-refractivity contribution is -0.121. The number of aromatic nitrogens is 2. The van der Waals surface area contributed by atoms with Crippen LogP contribution in [0.1, 0.15) is 29.9 Å². The van der Waals surface area contributed by atoms with Gasteiger partial charge >= 0.3 is 0 Å². The first-order valence-electron chi connectivity index (χ1n) is 9.53. The van der Waals surface area contributed by atoms with Crippen LogP contribution in [0.2, 0.25) is 0 Å². The third kappa shape index (κ3) is 3.96. The fourth-order valence-corrected chi connectivity index (χ4v) is 3.50. The minimum Gasteiger partial charge on any atom is -0.346 e. The zero-order valence-electron chi connectivity index (χ0n) is 15.9. The summed E-state index contributed by atoms with van der Waals surface area (Å²) in [5.74, 6) is 0.864. The second-order valence-corrected chi connectivity index (χ2v) is 6.98. The predicted molar refractivity (Wildman–Crippen MR) is 112 cm³/mol. The van der Waals surface area contributed by atoms with E-state index >= 15 is 0 Å². The molecular weight excluding hydrogens is 346 g/mol. The van der Waals surface area contributed by atoms with E-state index in [0.29, 0.717) is 6.42 Å². The molecule has 1 heterocycles. The maximum Gasteiger partial charge on any atom is 0.224 e. The monoisotopic (exact) mass is 369 g/mol. The van der Waals surface area contributed by atoms with Gasteiger partial charge in [0, 0.05) is 6.54 Å². The Bertz CT molecular complexity index is 1070. The first-order chi connectivity index (χ1) is 13.7. The zero-order chi connectivity index (χ0) is 19.3. The minimum absolute atomic E-state index is 0.00276. The maximum atomic E-state index is 12.5. The van der Waals surface area contributed by atoms with Gasteiger partial charge in [-0.15, -0.1) is 0 Å². The predicted octanol–water partition coefficient (Wildman–Crippen LogP) is 4.50. The molecule has 0 aliphatic rings. The van der Waals surface area contributed by atoms with Gasteiger partial charge < -0.3 is 9.88 Å². The summed E-state index contributed by atoms with van der Waals surface area (Å²) in [5, 5.41) is 3.11. The SMILES string of the molecule is C[C@@H](NC(=O)Cc1ccccc1)c1nc2ccccc2n1Cc1ccccc1. The fraction of sp³-hybridized carbons (Fsp3) is 0.167. The van der Waals surface area contributed by atoms with E-state index in [1.54, 1.807) is 0 Å². The number of rotatable bonds is 6. The number of fused-ring (bicyclic) bond motifs is 1. The Hall–Kier alpha value is -3.40. The molecule has 140 valence electrons. The average Bonchev–Trinajstić information content (AvgIpc) is 3.08. The average molecular weight is 369 g/mol. The van der Waals surface area contributed by atoms with Crippen LogP contribution >= 0.6 is 0 Å². The number of hydrogen-bond acceptors (Lipinski definition) is 2. The Labute approximate surface area is 164 Å². The fourth-order valence-electron chi connectivity index (χ4n) is 3.50. The van der Waals surface area contributed by atoms with E-state index in [1.807, 2.05) is 73.7 Å². The molecule has 0 bridgehead atoms. The van der Waals surface area contributed by atoms with Crippen LogP contribution in [-0.2, 0) is 17.8 Å². The lowest BCUT2D eigenvalue weighted by Crippen LogP contribution is -2.30. The van der Waals surface area contributed by atoms with Crippen molar-refractivity contribution in [3.05, 3.63) is 102 Å². The van der Waals surface area contributed by atoms with E-state index in [9.17, 15) is 4.79 Å². The van der Waals surface area contributed by atoms with Gasteiger partial charge in [0.1, 0.15) is 5.82 Å². The molecular formula is C24H23N3O. The van der Waals surface area contributed by atoms with Crippen molar-refractivity contribution >= 4 is 16.9 Å². The van der Waals surface area contributed by atoms with Crippen molar-refractivity contribution in [1.29, 1.82) is 0 Å². The van der Waals surface area contributed by atoms with Crippen LogP contribution in [0.15, 0.2) is 84.9 Å². The topological polar surface area (TPSA) is 46.9 Å². The molecule has 0 saturated heterocycles. The van der Waals surface area contributed by atoms with Crippen molar-refractivity contribution < 1.29 is 4.79 Å². The molecule has 1 aromatic heterocycles. The van der Waals surface area contributed by atoms with E-state index in [2.05, 4.69) is 28.1 Å². The highest BCUT2D eigenvalue weighted by Gasteiger charge is 2.18. The molecule has 0 unspecified atom stereocenters. The molecule has 0 saturated carbocycles. The van der Waals surface area contributed by atoms with E-state index in [0.717, 1.165) is 29.0 Å². The molecule has 1 atom stereocenters. The van der Waals surface area contributed by atoms with Crippen molar-refractivity contribution in [3.8, 4) is 0 Å². The Balaban J connectivity index is 1.60. The maximum absolute atomic E-state index is 12.5. The molecule has 28 heavy (non-hydrogen) atoms. The Morgan fingerprint density at radius 3 is 2.21 bits per heavy atom. The second-order valence-electron chi connectivity index (χ2n) is 6.98. The minimum atomic E-state index is -0.188. The number of para-hydroxylation sites is 2. The molecule has 4 rings (SSSR count). The number of nitrogens with one attached hydrogen (secondary N) is 1. The number of carbonyl (C=O) groups is 1. The molecule has 0 aliphatic carbocycles. The van der Waals surface area contributed by atoms with Crippen molar-refractivity contribution in [2.24, 2.45) is 0 Å². The first-order valence-corrected chi connectivity index (χ1v) is 9.53. The summed E-state index contributed by atoms with van der Waals surface area (Å²) in [6.45, 7) is 2.71. The van der Waals surface area contributed by atoms with E-state index < -0.39 is 0 Å². The van der Waals surface area contributed by atoms with Gasteiger partial charge in [0.15, 0.2) is 0 Å². The molecule has 4 aromatic rings. The molecule has 0 fully saturated rings. The third-order valence-electron chi connectivity index (χ3n) is 4.84. The van der Waals surface area contributed by atoms with E-state index in [-0.39, 0.29) is 11.9 Å². The Morgan fingerprint density at radius 2 is 1.50 bits per heavy atom. The van der Waals surface area contributed by atoms with Gasteiger partial charge in [-0.25, -0.2) is 4.98 Å². The summed E-state index contributed by atoms with van der Waals surface area (Å²) in [6.07, 6.45) is 0.365. The number of imidazole rings is 1. The van der Waals surface area contributed by atoms with Gasteiger partial charge in [0.05, 0.1) is 23.5 Å². The molecule has 1 amide bonds. The van der Waals surface area contributed by atoms with Crippen LogP contribution in [0.3, 0.4) is 0 Å². The summed E-state index contributed by atoms with van der Waals surface area (Å²) in [6, 6.07) is 28.0. The standard InChI is InChI=1S/C24H23N3O/c1-18(25-23(28)16-19-10-4-2-5-11-19)24-26-21-14-8-9-15-22(21)27(24)17-20-12-6-3-7-13-20/h2-15,18H,16-17H2,1H3,(H,25,28)/t18-/m1/s1. The smallest absolute Gasteiger partial charge is 0.224 e. The lowest BCUT2D eigenvalue weighted by atomic mass is 10.1. The van der Waals surface area contributed by atoms with Crippen LogP contribution in [0, 0.1) is 0 Å². The molecule has 0 aliphatic heterocycles. The van der Waals surface area contributed by atoms with E-state index in [4.69, 9.17) is 4.98 Å². The van der Waals surface area contributed by atoms with Gasteiger partial charge in [0.2, 0.25) is 5.91 Å². The Morgan fingerprint density at radius 1 is 0.893 bits per heavy atom. The normalized spacial score (nSPS) is 12.0. The molecule has 3 aromatic carbocycles. The summed E-state index contributed by atoms with van der Waals surface area (Å²) < 4.78 is 2.19. The molecule has 4 heteroatoms. The highest BCUT2D eigenvalue weighted by atomic mass is 16.1. The number of benzene rings is 3. The van der Waals surface area contributed by atoms with Crippen molar-refractivity contribution in [1.82, 2.24) is 14.9 Å². The molecule has 0 radical (unpaired) electrons. The number of amides is 1. The van der Waals surface area contributed by atoms with E-state index in [1.165, 1.54) is 5.56 Å². The summed E-state index contributed by atoms with van der Waals surface area (Å²) >= 11 is 0. The summed E-state index contributed by atoms with van der Waals surface area (Å²) in [7, 11) is 0. The first kappa shape index (κ1) is 18.0. The van der Waals surface area contributed by atoms with Gasteiger partial charge in [0.25, 0.3) is 0 Å². The molecule has 1 N–H and O–H groups in total. The number of hydrogen-bond donors (Lipinski definition) is 1. The second kappa shape index (κ2) is 8.09.